The molecule has 0 aliphatic heterocycles. The summed E-state index contributed by atoms with van der Waals surface area (Å²) >= 11 is 0. The quantitative estimate of drug-likeness (QED) is 0.233. The van der Waals surface area contributed by atoms with E-state index in [1.807, 2.05) is 13.8 Å². The maximum Gasteiger partial charge on any atom is 0.389 e. The fourth-order valence-electron chi connectivity index (χ4n) is 23.3. The van der Waals surface area contributed by atoms with E-state index in [1.165, 1.54) is 218 Å². The Morgan fingerprint density at radius 3 is 0.731 bits per heavy atom. The Balaban J connectivity index is 0.00000115. The molecule has 10 aliphatic carbocycles. The summed E-state index contributed by atoms with van der Waals surface area (Å²) < 4.78 is 69.0. The SMILES string of the molecule is CC.CC1(C)CC(C)(C)CC(C)(C)C1.CC1CCC2(CC1)CC(C)(C)CC(C)(C)C2.CC1CCC2(CC1)CCC(C)(C)CC2.CC1CCC2(CCCC2)CC1.CC1CCC2(CCCCC2)CC1.CCC.CCC(C)CC(F)(F)F.CCC(C)CC(F)(F)F.CCC1CC(C)(C)CC(C)(C)C1.CCCC. The Kier molecular flexibility index (Phi) is 46.5. The maximum atomic E-state index is 11.5. The summed E-state index contributed by atoms with van der Waals surface area (Å²) in [6, 6.07) is 0. The molecule has 0 nitrogen and oxygen atoms in total. The van der Waals surface area contributed by atoms with Gasteiger partial charge in [-0.2, -0.15) is 26.3 Å². The van der Waals surface area contributed by atoms with Crippen LogP contribution in [0.1, 0.15) is 510 Å². The van der Waals surface area contributed by atoms with Crippen LogP contribution >= 0.6 is 0 Å². The second-order valence-electron chi connectivity index (χ2n) is 45.1. The number of rotatable bonds is 6. The molecule has 6 heteroatoms. The summed E-state index contributed by atoms with van der Waals surface area (Å²) in [5.41, 5.74) is 7.79. The summed E-state index contributed by atoms with van der Waals surface area (Å²) in [7, 11) is 0. The van der Waals surface area contributed by atoms with Crippen LogP contribution in [-0.4, -0.2) is 12.4 Å². The van der Waals surface area contributed by atoms with Gasteiger partial charge in [-0.15, -0.1) is 0 Å². The molecule has 2 atom stereocenters. The minimum absolute atomic E-state index is 0.231. The van der Waals surface area contributed by atoms with Crippen LogP contribution in [0.4, 0.5) is 26.3 Å². The largest absolute Gasteiger partial charge is 0.389 e. The van der Waals surface area contributed by atoms with Gasteiger partial charge in [0.15, 0.2) is 0 Å². The average molecular weight is 1480 g/mol. The van der Waals surface area contributed by atoms with Gasteiger partial charge in [0.25, 0.3) is 0 Å². The Hall–Kier alpha value is -0.420. The van der Waals surface area contributed by atoms with Gasteiger partial charge in [-0.25, -0.2) is 0 Å². The van der Waals surface area contributed by atoms with E-state index in [-0.39, 0.29) is 11.8 Å². The van der Waals surface area contributed by atoms with Crippen molar-refractivity contribution in [2.75, 3.05) is 0 Å². The molecule has 0 N–H and O–H groups in total. The van der Waals surface area contributed by atoms with E-state index in [4.69, 9.17) is 0 Å². The lowest BCUT2D eigenvalue weighted by Gasteiger charge is -2.54. The first-order valence-corrected chi connectivity index (χ1v) is 45.7. The van der Waals surface area contributed by atoms with E-state index in [1.54, 1.807) is 79.1 Å². The third kappa shape index (κ3) is 45.9. The monoisotopic (exact) mass is 1480 g/mol. The van der Waals surface area contributed by atoms with Crippen molar-refractivity contribution in [3.05, 3.63) is 0 Å². The van der Waals surface area contributed by atoms with Crippen molar-refractivity contribution in [3.63, 3.8) is 0 Å². The van der Waals surface area contributed by atoms with Crippen LogP contribution < -0.4 is 0 Å². The van der Waals surface area contributed by atoms with Crippen molar-refractivity contribution in [3.8, 4) is 0 Å². The van der Waals surface area contributed by atoms with Gasteiger partial charge in [0, 0.05) is 12.8 Å². The fraction of sp³-hybridized carbons (Fsp3) is 1.00. The fourth-order valence-corrected chi connectivity index (χ4v) is 23.3. The molecule has 4 spiro atoms. The highest BCUT2D eigenvalue weighted by atomic mass is 19.4. The van der Waals surface area contributed by atoms with Crippen LogP contribution in [-0.2, 0) is 0 Å². The van der Waals surface area contributed by atoms with E-state index >= 15 is 0 Å². The van der Waals surface area contributed by atoms with Crippen LogP contribution in [0.2, 0.25) is 0 Å². The zero-order valence-corrected chi connectivity index (χ0v) is 76.8. The normalized spacial score (nSPS) is 26.4. The number of hydrogen-bond donors (Lipinski definition) is 0. The van der Waals surface area contributed by atoms with Crippen molar-refractivity contribution in [2.24, 2.45) is 106 Å². The number of hydrogen-bond acceptors (Lipinski definition) is 0. The number of unbranched alkanes of at least 4 members (excludes halogenated alkanes) is 1. The summed E-state index contributed by atoms with van der Waals surface area (Å²) in [5, 5.41) is 0. The molecule has 10 saturated carbocycles. The predicted octanol–water partition coefficient (Wildman–Crippen LogP) is 36.8. The molecule has 10 fully saturated rings. The van der Waals surface area contributed by atoms with E-state index in [2.05, 4.69) is 173 Å². The average Bonchev–Trinajstić information content (AvgIpc) is 0.836. The van der Waals surface area contributed by atoms with Crippen molar-refractivity contribution in [1.29, 1.82) is 0 Å². The topological polar surface area (TPSA) is 0 Å². The first-order valence-electron chi connectivity index (χ1n) is 45.7. The van der Waals surface area contributed by atoms with Gasteiger partial charge in [-0.1, -0.05) is 337 Å². The van der Waals surface area contributed by atoms with E-state index in [0.717, 1.165) is 45.8 Å². The van der Waals surface area contributed by atoms with Crippen LogP contribution in [0.15, 0.2) is 0 Å². The highest BCUT2D eigenvalue weighted by Crippen LogP contribution is 2.61. The lowest BCUT2D eigenvalue weighted by Crippen LogP contribution is -2.43. The van der Waals surface area contributed by atoms with E-state index in [9.17, 15) is 26.3 Å². The smallest absolute Gasteiger partial charge is 0.171 e. The van der Waals surface area contributed by atoms with Gasteiger partial charge < -0.3 is 0 Å². The molecule has 0 saturated heterocycles. The number of halogens is 6. The molecule has 10 rings (SSSR count). The lowest BCUT2D eigenvalue weighted by molar-refractivity contribution is -0.144. The second kappa shape index (κ2) is 46.7. The molecule has 0 bridgehead atoms. The summed E-state index contributed by atoms with van der Waals surface area (Å²) in [6.45, 7) is 70.4. The molecular formula is C98H192F6. The van der Waals surface area contributed by atoms with Crippen molar-refractivity contribution < 1.29 is 26.3 Å². The third-order valence-electron chi connectivity index (χ3n) is 27.4. The molecule has 0 radical (unpaired) electrons. The number of alkyl halides is 6. The van der Waals surface area contributed by atoms with Crippen molar-refractivity contribution in [2.45, 2.75) is 522 Å². The first-order chi connectivity index (χ1) is 47.6. The third-order valence-corrected chi connectivity index (χ3v) is 27.4. The Bertz CT molecular complexity index is 2000. The molecule has 0 aromatic rings. The molecule has 0 amide bonds. The van der Waals surface area contributed by atoms with Gasteiger partial charge >= 0.3 is 12.4 Å². The molecule has 10 aliphatic rings. The Morgan fingerprint density at radius 2 is 0.510 bits per heavy atom. The van der Waals surface area contributed by atoms with E-state index in [0.29, 0.717) is 61.6 Å². The summed E-state index contributed by atoms with van der Waals surface area (Å²) in [5.74, 6) is 4.56. The van der Waals surface area contributed by atoms with Crippen molar-refractivity contribution >= 4 is 0 Å². The van der Waals surface area contributed by atoms with Gasteiger partial charge in [-0.05, 0) is 267 Å². The minimum Gasteiger partial charge on any atom is -0.171 e. The molecule has 2 unspecified atom stereocenters. The van der Waals surface area contributed by atoms with Crippen LogP contribution in [0.25, 0.3) is 0 Å². The zero-order valence-electron chi connectivity index (χ0n) is 76.8. The minimum atomic E-state index is -3.98. The molecule has 626 valence electrons. The van der Waals surface area contributed by atoms with Gasteiger partial charge in [0.05, 0.1) is 0 Å². The van der Waals surface area contributed by atoms with Crippen LogP contribution in [0.3, 0.4) is 0 Å². The molecule has 0 aromatic carbocycles. The van der Waals surface area contributed by atoms with Gasteiger partial charge in [0.1, 0.15) is 0 Å². The first kappa shape index (κ1) is 104. The molecule has 0 aromatic heterocycles. The Morgan fingerprint density at radius 1 is 0.288 bits per heavy atom. The molecule has 104 heavy (non-hydrogen) atoms. The maximum absolute atomic E-state index is 11.5. The molecule has 0 heterocycles. The predicted molar refractivity (Wildman–Crippen MR) is 454 cm³/mol. The summed E-state index contributed by atoms with van der Waals surface area (Å²) in [4.78, 5) is 0. The highest BCUT2D eigenvalue weighted by Gasteiger charge is 2.49. The summed E-state index contributed by atoms with van der Waals surface area (Å²) in [6.07, 6.45) is 54.1. The van der Waals surface area contributed by atoms with Crippen LogP contribution in [0, 0.1) is 106 Å². The lowest BCUT2D eigenvalue weighted by atomic mass is 9.51. The molecular weight excluding hydrogens is 1290 g/mol. The highest BCUT2D eigenvalue weighted by molar-refractivity contribution is 5.00. The van der Waals surface area contributed by atoms with Gasteiger partial charge in [0.2, 0.25) is 0 Å². The van der Waals surface area contributed by atoms with Crippen molar-refractivity contribution in [1.82, 2.24) is 0 Å². The van der Waals surface area contributed by atoms with E-state index < -0.39 is 25.2 Å². The second-order valence-corrected chi connectivity index (χ2v) is 45.1. The van der Waals surface area contributed by atoms with Gasteiger partial charge in [-0.3, -0.25) is 0 Å². The standard InChI is InChI=1S/C16H30.C14H26.C12H22.2C12H24.C11H20.2C6H11F3.C4H10.C3H8.C2H6/c1-13-6-8-16(9-7-13)11-14(2,3)10-15(4,5)12-16;1-12-4-6-14(7-5-12)10-8-13(2,3)9-11-14;1-11-5-9-12(10-6-11)7-3-2-4-8-12;1-10(2)7-11(3,4)9-12(5,6)8-10;1-6-10-7-11(2,3)9-12(4,5)8-10;1-10-4-8-11(9-5-10)6-2-3-7-11;2*1-3-5(2)4-6(7,8)9;1-3-4-2;1-3-2;1-2/h13H,6-12H2,1-5H3;12H,4-11H2,1-3H3;11H,2-10H2,1H3;7-9H2,1-6H3;10H,6-9H2,1-5H3;10H,2-9H2,1H3;2*5H,3-4H2,1-2H3;3-4H2,1-2H3;3H2,1-2H3;1-2H3. The Labute approximate surface area is 651 Å². The van der Waals surface area contributed by atoms with Crippen LogP contribution in [0.5, 0.6) is 0 Å². The zero-order chi connectivity index (χ0) is 80.6.